The summed E-state index contributed by atoms with van der Waals surface area (Å²) in [4.78, 5) is 2.60. The minimum atomic E-state index is 0.271. The lowest BCUT2D eigenvalue weighted by Crippen LogP contribution is -2.59. The Morgan fingerprint density at radius 2 is 2.00 bits per heavy atom. The van der Waals surface area contributed by atoms with Crippen LogP contribution in [-0.2, 0) is 6.54 Å². The van der Waals surface area contributed by atoms with Crippen molar-refractivity contribution in [1.29, 1.82) is 0 Å². The van der Waals surface area contributed by atoms with E-state index in [-0.39, 0.29) is 5.41 Å². The van der Waals surface area contributed by atoms with Crippen molar-refractivity contribution in [1.82, 2.24) is 10.2 Å². The molecule has 1 aromatic rings. The highest BCUT2D eigenvalue weighted by Gasteiger charge is 2.35. The van der Waals surface area contributed by atoms with Gasteiger partial charge in [0.15, 0.2) is 0 Å². The molecule has 0 saturated carbocycles. The Labute approximate surface area is 128 Å². The third-order valence-corrected chi connectivity index (χ3v) is 4.69. The molecule has 2 atom stereocenters. The van der Waals surface area contributed by atoms with Gasteiger partial charge in [-0.25, -0.2) is 0 Å². The first-order valence-corrected chi connectivity index (χ1v) is 8.00. The zero-order valence-electron chi connectivity index (χ0n) is 13.1. The second kappa shape index (κ2) is 6.46. The zero-order chi connectivity index (χ0) is 14.8. The fourth-order valence-electron chi connectivity index (χ4n) is 3.03. The Bertz CT molecular complexity index is 439. The Morgan fingerprint density at radius 3 is 2.60 bits per heavy atom. The predicted molar refractivity (Wildman–Crippen MR) is 87.2 cm³/mol. The van der Waals surface area contributed by atoms with E-state index in [1.807, 2.05) is 12.1 Å². The van der Waals surface area contributed by atoms with Gasteiger partial charge in [-0.15, -0.1) is 0 Å². The molecule has 0 aromatic heterocycles. The van der Waals surface area contributed by atoms with E-state index >= 15 is 0 Å². The Balaban J connectivity index is 2.17. The maximum Gasteiger partial charge on any atom is 0.0451 e. The van der Waals surface area contributed by atoms with Crippen molar-refractivity contribution >= 4 is 11.6 Å². The Morgan fingerprint density at radius 1 is 1.30 bits per heavy atom. The van der Waals surface area contributed by atoms with Crippen LogP contribution in [0.4, 0.5) is 0 Å². The van der Waals surface area contributed by atoms with Crippen molar-refractivity contribution in [2.75, 3.05) is 13.1 Å². The molecule has 3 heteroatoms. The molecule has 0 radical (unpaired) electrons. The lowest BCUT2D eigenvalue weighted by Gasteiger charge is -2.46. The summed E-state index contributed by atoms with van der Waals surface area (Å²) in [5.74, 6) is 0. The highest BCUT2D eigenvalue weighted by atomic mass is 35.5. The predicted octanol–water partition coefficient (Wildman–Crippen LogP) is 3.94. The third kappa shape index (κ3) is 3.75. The van der Waals surface area contributed by atoms with Gasteiger partial charge in [0.1, 0.15) is 0 Å². The number of nitrogens with one attached hydrogen (secondary N) is 1. The summed E-state index contributed by atoms with van der Waals surface area (Å²) in [6.45, 7) is 12.3. The van der Waals surface area contributed by atoms with Crippen molar-refractivity contribution in [2.45, 2.75) is 52.7 Å². The molecule has 0 amide bonds. The van der Waals surface area contributed by atoms with Gasteiger partial charge in [0, 0.05) is 36.7 Å². The Hall–Kier alpha value is -0.570. The van der Waals surface area contributed by atoms with Gasteiger partial charge in [-0.3, -0.25) is 4.90 Å². The van der Waals surface area contributed by atoms with E-state index in [0.717, 1.165) is 24.7 Å². The average Bonchev–Trinajstić information content (AvgIpc) is 2.40. The van der Waals surface area contributed by atoms with Crippen LogP contribution in [0.15, 0.2) is 24.3 Å². The van der Waals surface area contributed by atoms with Crippen molar-refractivity contribution in [3.8, 4) is 0 Å². The first-order chi connectivity index (χ1) is 9.41. The first kappa shape index (κ1) is 15.8. The molecule has 112 valence electrons. The minimum absolute atomic E-state index is 0.271. The third-order valence-electron chi connectivity index (χ3n) is 4.32. The van der Waals surface area contributed by atoms with E-state index in [1.165, 1.54) is 12.0 Å². The topological polar surface area (TPSA) is 15.3 Å². The molecule has 0 spiro atoms. The number of benzene rings is 1. The van der Waals surface area contributed by atoms with Crippen molar-refractivity contribution in [2.24, 2.45) is 5.41 Å². The minimum Gasteiger partial charge on any atom is -0.311 e. The largest absolute Gasteiger partial charge is 0.311 e. The van der Waals surface area contributed by atoms with Crippen LogP contribution in [0.3, 0.4) is 0 Å². The van der Waals surface area contributed by atoms with Gasteiger partial charge in [-0.1, -0.05) is 57.5 Å². The van der Waals surface area contributed by atoms with Crippen LogP contribution in [0, 0.1) is 5.41 Å². The van der Waals surface area contributed by atoms with E-state index in [0.29, 0.717) is 12.1 Å². The van der Waals surface area contributed by atoms with Gasteiger partial charge in [0.25, 0.3) is 0 Å². The molecule has 1 aliphatic rings. The van der Waals surface area contributed by atoms with Gasteiger partial charge >= 0.3 is 0 Å². The van der Waals surface area contributed by atoms with Gasteiger partial charge in [-0.2, -0.15) is 0 Å². The van der Waals surface area contributed by atoms with Crippen LogP contribution in [-0.4, -0.2) is 30.1 Å². The molecule has 2 nitrogen and oxygen atoms in total. The summed E-state index contributed by atoms with van der Waals surface area (Å²) in [6.07, 6.45) is 1.18. The fourth-order valence-corrected chi connectivity index (χ4v) is 3.23. The number of hydrogen-bond acceptors (Lipinski definition) is 2. The molecule has 1 aromatic carbocycles. The average molecular weight is 295 g/mol. The number of rotatable bonds is 3. The van der Waals surface area contributed by atoms with Gasteiger partial charge in [0.05, 0.1) is 0 Å². The van der Waals surface area contributed by atoms with Gasteiger partial charge in [-0.05, 0) is 23.5 Å². The van der Waals surface area contributed by atoms with Crippen LogP contribution in [0.25, 0.3) is 0 Å². The quantitative estimate of drug-likeness (QED) is 0.908. The molecule has 1 saturated heterocycles. The molecule has 20 heavy (non-hydrogen) atoms. The normalized spacial score (nSPS) is 24.9. The molecule has 0 bridgehead atoms. The number of nitrogens with zero attached hydrogens (tertiary/aromatic N) is 1. The molecule has 0 aliphatic carbocycles. The van der Waals surface area contributed by atoms with Crippen LogP contribution in [0.2, 0.25) is 5.02 Å². The van der Waals surface area contributed by atoms with Gasteiger partial charge < -0.3 is 5.32 Å². The standard InChI is InChI=1S/C17H27ClN2/c1-5-14-12-20(16(10-19-14)17(2,3)4)11-13-8-6-7-9-15(13)18/h6-9,14,16,19H,5,10-12H2,1-4H3. The van der Waals surface area contributed by atoms with E-state index in [9.17, 15) is 0 Å². The summed E-state index contributed by atoms with van der Waals surface area (Å²) < 4.78 is 0. The second-order valence-electron chi connectivity index (χ2n) is 6.92. The molecule has 1 aliphatic heterocycles. The summed E-state index contributed by atoms with van der Waals surface area (Å²) in [5, 5.41) is 4.56. The number of hydrogen-bond donors (Lipinski definition) is 1. The molecule has 2 rings (SSSR count). The van der Waals surface area contributed by atoms with Crippen molar-refractivity contribution in [3.05, 3.63) is 34.9 Å². The van der Waals surface area contributed by atoms with Crippen LogP contribution in [0.1, 0.15) is 39.7 Å². The molecule has 1 fully saturated rings. The summed E-state index contributed by atoms with van der Waals surface area (Å²) >= 11 is 6.33. The van der Waals surface area contributed by atoms with Crippen molar-refractivity contribution < 1.29 is 0 Å². The van der Waals surface area contributed by atoms with Crippen LogP contribution >= 0.6 is 11.6 Å². The second-order valence-corrected chi connectivity index (χ2v) is 7.32. The van der Waals surface area contributed by atoms with E-state index in [2.05, 4.69) is 50.0 Å². The van der Waals surface area contributed by atoms with Crippen molar-refractivity contribution in [3.63, 3.8) is 0 Å². The monoisotopic (exact) mass is 294 g/mol. The Kier molecular flexibility index (Phi) is 5.11. The summed E-state index contributed by atoms with van der Waals surface area (Å²) in [5.41, 5.74) is 1.51. The van der Waals surface area contributed by atoms with Crippen LogP contribution in [0.5, 0.6) is 0 Å². The van der Waals surface area contributed by atoms with Gasteiger partial charge in [0.2, 0.25) is 0 Å². The summed E-state index contributed by atoms with van der Waals surface area (Å²) in [7, 11) is 0. The molecule has 1 heterocycles. The highest BCUT2D eigenvalue weighted by molar-refractivity contribution is 6.31. The van der Waals surface area contributed by atoms with E-state index in [4.69, 9.17) is 11.6 Å². The van der Waals surface area contributed by atoms with E-state index in [1.54, 1.807) is 0 Å². The lowest BCUT2D eigenvalue weighted by atomic mass is 9.83. The SMILES string of the molecule is CCC1CN(Cc2ccccc2Cl)C(C(C)(C)C)CN1. The maximum atomic E-state index is 6.33. The molecule has 1 N–H and O–H groups in total. The number of halogens is 1. The lowest BCUT2D eigenvalue weighted by molar-refractivity contribution is 0.0485. The first-order valence-electron chi connectivity index (χ1n) is 7.62. The van der Waals surface area contributed by atoms with E-state index < -0.39 is 0 Å². The maximum absolute atomic E-state index is 6.33. The molecular formula is C17H27ClN2. The van der Waals surface area contributed by atoms with Crippen LogP contribution < -0.4 is 5.32 Å². The zero-order valence-corrected chi connectivity index (χ0v) is 13.9. The smallest absolute Gasteiger partial charge is 0.0451 e. The number of piperazine rings is 1. The summed E-state index contributed by atoms with van der Waals surface area (Å²) in [6, 6.07) is 9.35. The highest BCUT2D eigenvalue weighted by Crippen LogP contribution is 2.29. The molecule has 2 unspecified atom stereocenters. The molecular weight excluding hydrogens is 268 g/mol. The fraction of sp³-hybridized carbons (Fsp3) is 0.647.